The first kappa shape index (κ1) is 25.6. The molecule has 1 amide bonds. The van der Waals surface area contributed by atoms with Crippen molar-refractivity contribution in [1.29, 1.82) is 0 Å². The van der Waals surface area contributed by atoms with Crippen LogP contribution in [0.25, 0.3) is 0 Å². The van der Waals surface area contributed by atoms with Crippen molar-refractivity contribution in [2.45, 2.75) is 45.3 Å². The van der Waals surface area contributed by atoms with Crippen LogP contribution in [0.15, 0.2) is 48.5 Å². The van der Waals surface area contributed by atoms with Crippen LogP contribution in [0.2, 0.25) is 0 Å². The highest BCUT2D eigenvalue weighted by Gasteiger charge is 2.18. The molecular weight excluding hydrogens is 404 g/mol. The Labute approximate surface area is 185 Å². The van der Waals surface area contributed by atoms with Crippen molar-refractivity contribution in [3.05, 3.63) is 59.7 Å². The molecule has 0 bridgehead atoms. The van der Waals surface area contributed by atoms with Crippen LogP contribution in [0, 0.1) is 0 Å². The van der Waals surface area contributed by atoms with Crippen LogP contribution < -0.4 is 15.2 Å². The second-order valence-corrected chi connectivity index (χ2v) is 7.03. The Kier molecular flexibility index (Phi) is 11.7. The highest BCUT2D eigenvalue weighted by Crippen LogP contribution is 2.17. The van der Waals surface area contributed by atoms with E-state index in [1.54, 1.807) is 19.1 Å². The molecule has 0 aromatic heterocycles. The summed E-state index contributed by atoms with van der Waals surface area (Å²) in [6, 6.07) is 15.2. The van der Waals surface area contributed by atoms with Gasteiger partial charge in [0, 0.05) is 19.1 Å². The maximum atomic E-state index is 12.8. The van der Waals surface area contributed by atoms with E-state index in [1.165, 1.54) is 0 Å². The zero-order chi connectivity index (χ0) is 21.1. The lowest BCUT2D eigenvalue weighted by molar-refractivity contribution is 0.0907. The number of rotatable bonds is 11. The van der Waals surface area contributed by atoms with Crippen LogP contribution in [0.3, 0.4) is 0 Å². The third kappa shape index (κ3) is 8.51. The largest absolute Gasteiger partial charge is 0.497 e. The van der Waals surface area contributed by atoms with Crippen LogP contribution in [0.1, 0.15) is 37.3 Å². The molecule has 166 valence electrons. The first-order valence-electron chi connectivity index (χ1n) is 9.98. The fourth-order valence-electron chi connectivity index (χ4n) is 2.91. The third-order valence-electron chi connectivity index (χ3n) is 4.67. The number of methoxy groups -OCH3 is 2. The van der Waals surface area contributed by atoms with E-state index in [2.05, 4.69) is 6.92 Å². The molecule has 2 aromatic rings. The normalized spacial score (nSPS) is 11.2. The molecule has 7 heteroatoms. The van der Waals surface area contributed by atoms with Gasteiger partial charge in [-0.25, -0.2) is 4.79 Å². The van der Waals surface area contributed by atoms with Gasteiger partial charge in [-0.3, -0.25) is 4.90 Å². The summed E-state index contributed by atoms with van der Waals surface area (Å²) in [5.74, 6) is 1.56. The predicted molar refractivity (Wildman–Crippen MR) is 121 cm³/mol. The first-order chi connectivity index (χ1) is 14.0. The van der Waals surface area contributed by atoms with Gasteiger partial charge in [0.1, 0.15) is 18.1 Å². The van der Waals surface area contributed by atoms with Crippen molar-refractivity contribution in [2.24, 2.45) is 5.73 Å². The molecule has 0 aliphatic carbocycles. The minimum Gasteiger partial charge on any atom is -0.497 e. The second-order valence-electron chi connectivity index (χ2n) is 7.03. The molecule has 0 saturated carbocycles. The van der Waals surface area contributed by atoms with Gasteiger partial charge in [-0.05, 0) is 41.8 Å². The number of carbonyl (C=O) groups excluding carboxylic acids is 1. The summed E-state index contributed by atoms with van der Waals surface area (Å²) in [5, 5.41) is 0. The van der Waals surface area contributed by atoms with Gasteiger partial charge in [0.25, 0.3) is 0 Å². The number of carbonyl (C=O) groups is 1. The Morgan fingerprint density at radius 3 is 1.80 bits per heavy atom. The zero-order valence-electron chi connectivity index (χ0n) is 18.0. The number of amides is 1. The van der Waals surface area contributed by atoms with Crippen molar-refractivity contribution >= 4 is 18.5 Å². The minimum atomic E-state index is -0.372. The van der Waals surface area contributed by atoms with Gasteiger partial charge < -0.3 is 19.9 Å². The van der Waals surface area contributed by atoms with Crippen molar-refractivity contribution in [3.8, 4) is 11.5 Å². The molecule has 0 fully saturated rings. The zero-order valence-corrected chi connectivity index (χ0v) is 18.8. The van der Waals surface area contributed by atoms with E-state index in [-0.39, 0.29) is 31.1 Å². The summed E-state index contributed by atoms with van der Waals surface area (Å²) >= 11 is 0. The fraction of sp³-hybridized carbons (Fsp3) is 0.435. The van der Waals surface area contributed by atoms with E-state index in [0.29, 0.717) is 13.1 Å². The summed E-state index contributed by atoms with van der Waals surface area (Å²) in [6.45, 7) is 3.20. The van der Waals surface area contributed by atoms with Crippen LogP contribution in [-0.4, -0.2) is 37.9 Å². The molecule has 0 aliphatic rings. The van der Waals surface area contributed by atoms with Crippen molar-refractivity contribution < 1.29 is 19.0 Å². The van der Waals surface area contributed by atoms with E-state index in [0.717, 1.165) is 41.9 Å². The molecule has 6 nitrogen and oxygen atoms in total. The van der Waals surface area contributed by atoms with E-state index < -0.39 is 0 Å². The Morgan fingerprint density at radius 1 is 0.933 bits per heavy atom. The molecule has 0 heterocycles. The summed E-state index contributed by atoms with van der Waals surface area (Å²) < 4.78 is 15.9. The standard InChI is InChI=1S/C23H32N2O4.ClH/c1-4-5-6-20(24)17-29-23(26)25(15-18-7-11-21(27-2)12-8-18)16-19-9-13-22(28-3)14-10-19;/h7-14,20H,4-6,15-17,24H2,1-3H3;1H. The summed E-state index contributed by atoms with van der Waals surface area (Å²) in [5.41, 5.74) is 8.04. The topological polar surface area (TPSA) is 74.0 Å². The van der Waals surface area contributed by atoms with E-state index >= 15 is 0 Å². The molecule has 2 N–H and O–H groups in total. The average Bonchev–Trinajstić information content (AvgIpc) is 2.76. The number of benzene rings is 2. The summed E-state index contributed by atoms with van der Waals surface area (Å²) in [7, 11) is 3.26. The molecule has 1 atom stereocenters. The summed E-state index contributed by atoms with van der Waals surface area (Å²) in [4.78, 5) is 14.5. The lowest BCUT2D eigenvalue weighted by atomic mass is 10.1. The van der Waals surface area contributed by atoms with Gasteiger partial charge in [0.2, 0.25) is 0 Å². The van der Waals surface area contributed by atoms with Gasteiger partial charge in [0.05, 0.1) is 14.2 Å². The lowest BCUT2D eigenvalue weighted by Gasteiger charge is -2.23. The van der Waals surface area contributed by atoms with Crippen LogP contribution in [-0.2, 0) is 17.8 Å². The first-order valence-corrected chi connectivity index (χ1v) is 9.98. The van der Waals surface area contributed by atoms with E-state index in [4.69, 9.17) is 19.9 Å². The number of hydrogen-bond acceptors (Lipinski definition) is 5. The van der Waals surface area contributed by atoms with Gasteiger partial charge >= 0.3 is 6.09 Å². The fourth-order valence-corrected chi connectivity index (χ4v) is 2.91. The van der Waals surface area contributed by atoms with Crippen LogP contribution >= 0.6 is 12.4 Å². The maximum absolute atomic E-state index is 12.8. The molecule has 30 heavy (non-hydrogen) atoms. The Hall–Kier alpha value is -2.44. The highest BCUT2D eigenvalue weighted by atomic mass is 35.5. The van der Waals surface area contributed by atoms with Gasteiger partial charge in [-0.2, -0.15) is 0 Å². The number of nitrogens with two attached hydrogens (primary N) is 1. The Bertz CT molecular complexity index is 688. The molecule has 0 aliphatic heterocycles. The quantitative estimate of drug-likeness (QED) is 0.548. The molecule has 1 unspecified atom stereocenters. The second kappa shape index (κ2) is 13.7. The molecule has 0 saturated heterocycles. The van der Waals surface area contributed by atoms with Crippen molar-refractivity contribution in [3.63, 3.8) is 0 Å². The monoisotopic (exact) mass is 436 g/mol. The summed E-state index contributed by atoms with van der Waals surface area (Å²) in [6.07, 6.45) is 2.58. The third-order valence-corrected chi connectivity index (χ3v) is 4.67. The molecule has 0 radical (unpaired) electrons. The minimum absolute atomic E-state index is 0. The SMILES string of the molecule is CCCCC(N)COC(=O)N(Cc1ccc(OC)cc1)Cc1ccc(OC)cc1.Cl. The maximum Gasteiger partial charge on any atom is 0.410 e. The van der Waals surface area contributed by atoms with Crippen molar-refractivity contribution in [1.82, 2.24) is 4.90 Å². The smallest absolute Gasteiger partial charge is 0.410 e. The van der Waals surface area contributed by atoms with Gasteiger partial charge in [0.15, 0.2) is 0 Å². The Balaban J connectivity index is 0.00000450. The van der Waals surface area contributed by atoms with Crippen LogP contribution in [0.5, 0.6) is 11.5 Å². The number of halogens is 1. The number of ether oxygens (including phenoxy) is 3. The van der Waals surface area contributed by atoms with E-state index in [1.807, 2.05) is 48.5 Å². The average molecular weight is 437 g/mol. The number of hydrogen-bond donors (Lipinski definition) is 1. The Morgan fingerprint density at radius 2 is 1.40 bits per heavy atom. The molecule has 2 aromatic carbocycles. The number of unbranched alkanes of at least 4 members (excludes halogenated alkanes) is 1. The van der Waals surface area contributed by atoms with Gasteiger partial charge in [-0.15, -0.1) is 12.4 Å². The van der Waals surface area contributed by atoms with Crippen molar-refractivity contribution in [2.75, 3.05) is 20.8 Å². The highest BCUT2D eigenvalue weighted by molar-refractivity contribution is 5.85. The molecule has 0 spiro atoms. The predicted octanol–water partition coefficient (Wildman–Crippen LogP) is 4.78. The van der Waals surface area contributed by atoms with Gasteiger partial charge in [-0.1, -0.05) is 44.0 Å². The molecular formula is C23H33ClN2O4. The lowest BCUT2D eigenvalue weighted by Crippen LogP contribution is -2.35. The number of nitrogens with zero attached hydrogens (tertiary/aromatic N) is 1. The molecule has 2 rings (SSSR count). The van der Waals surface area contributed by atoms with Crippen LogP contribution in [0.4, 0.5) is 4.79 Å². The van der Waals surface area contributed by atoms with E-state index in [9.17, 15) is 4.79 Å².